The van der Waals surface area contributed by atoms with E-state index in [0.717, 1.165) is 0 Å². The molecule has 3 aromatic carbocycles. The van der Waals surface area contributed by atoms with Gasteiger partial charge < -0.3 is 0 Å². The molecule has 0 N–H and O–H groups in total. The standard InChI is InChI=1S/C25H14N4O2/c26-15-24(16-27)21(17-9-3-1-4-10-17)28-29(18-11-5-2-6-12-18)25(24)22(30)19-13-7-8-14-20(19)23(25)31/h1-14H. The molecule has 146 valence electrons. The van der Waals surface area contributed by atoms with Gasteiger partial charge >= 0.3 is 0 Å². The number of hydrogen-bond acceptors (Lipinski definition) is 6. The predicted molar refractivity (Wildman–Crippen MR) is 113 cm³/mol. The van der Waals surface area contributed by atoms with Gasteiger partial charge in [-0.3, -0.25) is 9.59 Å². The summed E-state index contributed by atoms with van der Waals surface area (Å²) in [7, 11) is 0. The van der Waals surface area contributed by atoms with Gasteiger partial charge in [0.25, 0.3) is 0 Å². The third kappa shape index (κ3) is 2.11. The summed E-state index contributed by atoms with van der Waals surface area (Å²) in [6.07, 6.45) is 0. The van der Waals surface area contributed by atoms with E-state index in [1.54, 1.807) is 84.9 Å². The molecule has 2 aliphatic rings. The number of ketones is 2. The minimum atomic E-state index is -2.15. The number of nitrogens with zero attached hydrogens (tertiary/aromatic N) is 4. The number of hydrogen-bond donors (Lipinski definition) is 0. The first-order valence-corrected chi connectivity index (χ1v) is 9.62. The Morgan fingerprint density at radius 3 is 1.71 bits per heavy atom. The third-order valence-electron chi connectivity index (χ3n) is 5.87. The molecule has 3 aromatic rings. The average Bonchev–Trinajstić information content (AvgIpc) is 3.27. The number of Topliss-reactive ketones (excluding diaryl/α,β-unsaturated/α-hetero) is 2. The maximum Gasteiger partial charge on any atom is 0.227 e. The third-order valence-corrected chi connectivity index (χ3v) is 5.87. The van der Waals surface area contributed by atoms with Gasteiger partial charge in [-0.25, -0.2) is 5.01 Å². The maximum absolute atomic E-state index is 13.9. The molecule has 0 bridgehead atoms. The largest absolute Gasteiger partial charge is 0.291 e. The number of hydrazone groups is 1. The fraction of sp³-hybridized carbons (Fsp3) is 0.0800. The topological polar surface area (TPSA) is 97.3 Å². The Bertz CT molecular complexity index is 1300. The van der Waals surface area contributed by atoms with Crippen molar-refractivity contribution in [2.75, 3.05) is 5.01 Å². The number of nitriles is 2. The van der Waals surface area contributed by atoms with Gasteiger partial charge in [0.2, 0.25) is 22.5 Å². The first kappa shape index (κ1) is 18.5. The zero-order chi connectivity index (χ0) is 21.6. The van der Waals surface area contributed by atoms with E-state index < -0.39 is 22.5 Å². The van der Waals surface area contributed by atoms with E-state index in [1.807, 2.05) is 12.1 Å². The van der Waals surface area contributed by atoms with Crippen LogP contribution in [0.1, 0.15) is 26.3 Å². The minimum Gasteiger partial charge on any atom is -0.291 e. The molecule has 0 aromatic heterocycles. The molecule has 0 amide bonds. The molecular weight excluding hydrogens is 388 g/mol. The summed E-state index contributed by atoms with van der Waals surface area (Å²) in [5.74, 6) is -1.20. The van der Waals surface area contributed by atoms with Crippen molar-refractivity contribution in [3.8, 4) is 12.1 Å². The Balaban J connectivity index is 1.89. The smallest absolute Gasteiger partial charge is 0.227 e. The lowest BCUT2D eigenvalue weighted by molar-refractivity contribution is 0.0758. The fourth-order valence-corrected chi connectivity index (χ4v) is 4.47. The fourth-order valence-electron chi connectivity index (χ4n) is 4.47. The van der Waals surface area contributed by atoms with Crippen molar-refractivity contribution in [1.29, 1.82) is 10.5 Å². The number of anilines is 1. The Morgan fingerprint density at radius 1 is 0.710 bits per heavy atom. The lowest BCUT2D eigenvalue weighted by Gasteiger charge is -2.36. The highest BCUT2D eigenvalue weighted by atomic mass is 16.2. The molecule has 0 saturated heterocycles. The summed E-state index contributed by atoms with van der Waals surface area (Å²) in [4.78, 5) is 27.8. The molecule has 6 nitrogen and oxygen atoms in total. The summed E-state index contributed by atoms with van der Waals surface area (Å²) in [6, 6.07) is 27.9. The van der Waals surface area contributed by atoms with Gasteiger partial charge in [0.15, 0.2) is 0 Å². The Kier molecular flexibility index (Phi) is 3.86. The highest BCUT2D eigenvalue weighted by Gasteiger charge is 2.75. The van der Waals surface area contributed by atoms with E-state index >= 15 is 0 Å². The van der Waals surface area contributed by atoms with Crippen molar-refractivity contribution in [2.45, 2.75) is 5.54 Å². The summed E-state index contributed by atoms with van der Waals surface area (Å²) in [6.45, 7) is 0. The lowest BCUT2D eigenvalue weighted by atomic mass is 9.64. The van der Waals surface area contributed by atoms with Crippen LogP contribution in [0, 0.1) is 28.1 Å². The van der Waals surface area contributed by atoms with Crippen molar-refractivity contribution in [2.24, 2.45) is 10.5 Å². The van der Waals surface area contributed by atoms with Crippen molar-refractivity contribution in [3.63, 3.8) is 0 Å². The van der Waals surface area contributed by atoms with E-state index in [-0.39, 0.29) is 16.8 Å². The zero-order valence-electron chi connectivity index (χ0n) is 16.2. The van der Waals surface area contributed by atoms with Crippen molar-refractivity contribution >= 4 is 23.0 Å². The normalized spacial score (nSPS) is 17.7. The van der Waals surface area contributed by atoms with Crippen LogP contribution in [0.2, 0.25) is 0 Å². The molecule has 1 aliphatic heterocycles. The monoisotopic (exact) mass is 402 g/mol. The molecule has 0 atom stereocenters. The number of para-hydroxylation sites is 1. The van der Waals surface area contributed by atoms with Crippen molar-refractivity contribution < 1.29 is 9.59 Å². The summed E-state index contributed by atoms with van der Waals surface area (Å²) in [5, 5.41) is 26.6. The van der Waals surface area contributed by atoms with Gasteiger partial charge in [-0.15, -0.1) is 0 Å². The lowest BCUT2D eigenvalue weighted by Crippen LogP contribution is -2.63. The first-order chi connectivity index (χ1) is 15.1. The van der Waals surface area contributed by atoms with Gasteiger partial charge in [-0.1, -0.05) is 72.8 Å². The first-order valence-electron chi connectivity index (χ1n) is 9.62. The van der Waals surface area contributed by atoms with Gasteiger partial charge in [-0.2, -0.15) is 15.6 Å². The number of benzene rings is 3. The molecule has 1 aliphatic carbocycles. The van der Waals surface area contributed by atoms with Crippen LogP contribution < -0.4 is 5.01 Å². The number of fused-ring (bicyclic) bond motifs is 1. The van der Waals surface area contributed by atoms with E-state index in [1.165, 1.54) is 5.01 Å². The van der Waals surface area contributed by atoms with Crippen LogP contribution >= 0.6 is 0 Å². The van der Waals surface area contributed by atoms with Gasteiger partial charge in [0.1, 0.15) is 5.71 Å². The van der Waals surface area contributed by atoms with Crippen LogP contribution in [0.15, 0.2) is 90.0 Å². The molecule has 6 heteroatoms. The molecule has 1 heterocycles. The highest BCUT2D eigenvalue weighted by molar-refractivity contribution is 6.39. The Hall–Kier alpha value is -4.55. The molecule has 31 heavy (non-hydrogen) atoms. The van der Waals surface area contributed by atoms with Crippen LogP contribution in [-0.2, 0) is 0 Å². The average molecular weight is 402 g/mol. The summed E-state index contributed by atoms with van der Waals surface area (Å²) in [5.41, 5.74) is -2.89. The molecule has 0 saturated carbocycles. The predicted octanol–water partition coefficient (Wildman–Crippen LogP) is 3.76. The number of carbonyl (C=O) groups is 2. The minimum absolute atomic E-state index is 0.0801. The van der Waals surface area contributed by atoms with E-state index in [9.17, 15) is 20.1 Å². The Labute approximate surface area is 178 Å². The second-order valence-corrected chi connectivity index (χ2v) is 7.35. The van der Waals surface area contributed by atoms with Crippen LogP contribution in [0.25, 0.3) is 0 Å². The van der Waals surface area contributed by atoms with Gasteiger partial charge in [-0.05, 0) is 12.1 Å². The second kappa shape index (κ2) is 6.48. The molecule has 5 rings (SSSR count). The summed E-state index contributed by atoms with van der Waals surface area (Å²) >= 11 is 0. The molecule has 0 fully saturated rings. The number of rotatable bonds is 2. The van der Waals surface area contributed by atoms with Crippen molar-refractivity contribution in [3.05, 3.63) is 102 Å². The van der Waals surface area contributed by atoms with Crippen LogP contribution in [0.5, 0.6) is 0 Å². The van der Waals surface area contributed by atoms with E-state index in [0.29, 0.717) is 11.3 Å². The van der Waals surface area contributed by atoms with Gasteiger partial charge in [0, 0.05) is 16.7 Å². The second-order valence-electron chi connectivity index (χ2n) is 7.35. The Morgan fingerprint density at radius 2 is 1.19 bits per heavy atom. The van der Waals surface area contributed by atoms with Crippen LogP contribution in [0.4, 0.5) is 5.69 Å². The molecule has 0 radical (unpaired) electrons. The number of carbonyl (C=O) groups excluding carboxylic acids is 2. The zero-order valence-corrected chi connectivity index (χ0v) is 16.2. The van der Waals surface area contributed by atoms with E-state index in [2.05, 4.69) is 5.10 Å². The van der Waals surface area contributed by atoms with Crippen molar-refractivity contribution in [1.82, 2.24) is 0 Å². The molecule has 0 unspecified atom stereocenters. The van der Waals surface area contributed by atoms with E-state index in [4.69, 9.17) is 0 Å². The van der Waals surface area contributed by atoms with Crippen LogP contribution in [0.3, 0.4) is 0 Å². The summed E-state index contributed by atoms with van der Waals surface area (Å²) < 4.78 is 0. The SMILES string of the molecule is N#CC1(C#N)C(c2ccccc2)=NN(c2ccccc2)C12C(=O)c1ccccc1C2=O. The quantitative estimate of drug-likeness (QED) is 0.608. The van der Waals surface area contributed by atoms with Crippen LogP contribution in [-0.4, -0.2) is 22.8 Å². The maximum atomic E-state index is 13.9. The molecular formula is C25H14N4O2. The molecule has 1 spiro atoms. The highest BCUT2D eigenvalue weighted by Crippen LogP contribution is 2.53. The van der Waals surface area contributed by atoms with Gasteiger partial charge in [0.05, 0.1) is 17.8 Å².